The molecule has 1 aromatic heterocycles. The molecular formula is C15H18BrN3O. The molecule has 0 bridgehead atoms. The summed E-state index contributed by atoms with van der Waals surface area (Å²) < 4.78 is 1.00. The number of pyridine rings is 1. The summed E-state index contributed by atoms with van der Waals surface area (Å²) >= 11 is 3.48. The largest absolute Gasteiger partial charge is 0.396 e. The highest BCUT2D eigenvalue weighted by molar-refractivity contribution is 9.10. The maximum Gasteiger partial charge on any atom is 0.0743 e. The summed E-state index contributed by atoms with van der Waals surface area (Å²) in [7, 11) is 0. The Morgan fingerprint density at radius 3 is 3.00 bits per heavy atom. The predicted molar refractivity (Wildman–Crippen MR) is 85.7 cm³/mol. The summed E-state index contributed by atoms with van der Waals surface area (Å²) in [6, 6.07) is 5.95. The second kappa shape index (κ2) is 5.58. The Labute approximate surface area is 126 Å². The summed E-state index contributed by atoms with van der Waals surface area (Å²) in [4.78, 5) is 4.34. The lowest BCUT2D eigenvalue weighted by Crippen LogP contribution is -2.22. The van der Waals surface area contributed by atoms with Crippen LogP contribution in [0.15, 0.2) is 28.9 Å². The van der Waals surface area contributed by atoms with Crippen LogP contribution in [-0.4, -0.2) is 22.7 Å². The van der Waals surface area contributed by atoms with E-state index in [4.69, 9.17) is 5.73 Å². The molecule has 2 atom stereocenters. The summed E-state index contributed by atoms with van der Waals surface area (Å²) in [6.45, 7) is 0.747. The minimum atomic E-state index is -0.191. The maximum absolute atomic E-state index is 9.90. The fourth-order valence-electron chi connectivity index (χ4n) is 2.87. The number of hydrogen-bond donors (Lipinski definition) is 3. The minimum Gasteiger partial charge on any atom is -0.396 e. The first-order valence-corrected chi connectivity index (χ1v) is 7.70. The van der Waals surface area contributed by atoms with Gasteiger partial charge in [0, 0.05) is 22.3 Å². The summed E-state index contributed by atoms with van der Waals surface area (Å²) in [5.74, 6) is 0.310. The van der Waals surface area contributed by atoms with Gasteiger partial charge in [-0.1, -0.05) is 22.4 Å². The number of nitrogens with two attached hydrogens (primary N) is 1. The van der Waals surface area contributed by atoms with E-state index in [1.54, 1.807) is 6.20 Å². The van der Waals surface area contributed by atoms with Gasteiger partial charge >= 0.3 is 0 Å². The second-order valence-corrected chi connectivity index (χ2v) is 6.30. The molecule has 1 saturated carbocycles. The van der Waals surface area contributed by atoms with Gasteiger partial charge in [-0.05, 0) is 31.0 Å². The topological polar surface area (TPSA) is 71.2 Å². The Morgan fingerprint density at radius 2 is 2.25 bits per heavy atom. The third-order valence-corrected chi connectivity index (χ3v) is 4.51. The number of anilines is 2. The summed E-state index contributed by atoms with van der Waals surface area (Å²) in [6.07, 6.45) is 4.57. The molecule has 3 rings (SSSR count). The first kappa shape index (κ1) is 13.6. The van der Waals surface area contributed by atoms with Gasteiger partial charge in [-0.2, -0.15) is 0 Å². The Kier molecular flexibility index (Phi) is 3.81. The highest BCUT2D eigenvalue weighted by atomic mass is 79.9. The van der Waals surface area contributed by atoms with Crippen LogP contribution in [0, 0.1) is 5.92 Å². The molecule has 2 aromatic rings. The average molecular weight is 336 g/mol. The van der Waals surface area contributed by atoms with E-state index in [1.165, 1.54) is 0 Å². The van der Waals surface area contributed by atoms with Crippen molar-refractivity contribution in [2.45, 2.75) is 25.4 Å². The van der Waals surface area contributed by atoms with Gasteiger partial charge in [0.1, 0.15) is 0 Å². The first-order chi connectivity index (χ1) is 9.65. The molecule has 1 aliphatic carbocycles. The number of aliphatic hydroxyl groups excluding tert-OH is 1. The van der Waals surface area contributed by atoms with Crippen LogP contribution in [0.2, 0.25) is 0 Å². The van der Waals surface area contributed by atoms with E-state index in [2.05, 4.69) is 26.2 Å². The van der Waals surface area contributed by atoms with Crippen molar-refractivity contribution in [2.24, 2.45) is 5.92 Å². The third kappa shape index (κ3) is 2.60. The molecule has 0 saturated heterocycles. The quantitative estimate of drug-likeness (QED) is 0.805. The second-order valence-electron chi connectivity index (χ2n) is 5.39. The molecule has 0 spiro atoms. The fourth-order valence-corrected chi connectivity index (χ4v) is 3.23. The average Bonchev–Trinajstić information content (AvgIpc) is 2.83. The lowest BCUT2D eigenvalue weighted by Gasteiger charge is -2.18. The highest BCUT2D eigenvalue weighted by Gasteiger charge is 2.25. The maximum atomic E-state index is 9.90. The van der Waals surface area contributed by atoms with Gasteiger partial charge < -0.3 is 16.2 Å². The van der Waals surface area contributed by atoms with E-state index in [9.17, 15) is 5.11 Å². The number of hydrogen-bond acceptors (Lipinski definition) is 4. The lowest BCUT2D eigenvalue weighted by atomic mass is 10.1. The van der Waals surface area contributed by atoms with Gasteiger partial charge in [0.2, 0.25) is 0 Å². The number of nitrogen functional groups attached to an aromatic ring is 1. The molecule has 4 N–H and O–H groups in total. The molecule has 0 radical (unpaired) electrons. The molecule has 1 heterocycles. The van der Waals surface area contributed by atoms with E-state index >= 15 is 0 Å². The number of aromatic nitrogens is 1. The Hall–Kier alpha value is -1.33. The van der Waals surface area contributed by atoms with E-state index < -0.39 is 0 Å². The molecule has 5 heteroatoms. The van der Waals surface area contributed by atoms with Crippen LogP contribution in [0.3, 0.4) is 0 Å². The van der Waals surface area contributed by atoms with E-state index in [-0.39, 0.29) is 6.10 Å². The third-order valence-electron chi connectivity index (χ3n) is 4.02. The van der Waals surface area contributed by atoms with Crippen LogP contribution in [-0.2, 0) is 0 Å². The summed E-state index contributed by atoms with van der Waals surface area (Å²) in [5, 5.41) is 14.3. The molecule has 0 amide bonds. The van der Waals surface area contributed by atoms with Crippen molar-refractivity contribution in [1.29, 1.82) is 0 Å². The first-order valence-electron chi connectivity index (χ1n) is 6.91. The molecule has 20 heavy (non-hydrogen) atoms. The van der Waals surface area contributed by atoms with Gasteiger partial charge in [-0.25, -0.2) is 0 Å². The number of rotatable bonds is 3. The molecule has 4 nitrogen and oxygen atoms in total. The Bertz CT molecular complexity index is 627. The van der Waals surface area contributed by atoms with Crippen LogP contribution in [0.1, 0.15) is 19.3 Å². The zero-order chi connectivity index (χ0) is 14.1. The van der Waals surface area contributed by atoms with Crippen LogP contribution < -0.4 is 11.1 Å². The van der Waals surface area contributed by atoms with Crippen LogP contribution in [0.4, 0.5) is 11.4 Å². The van der Waals surface area contributed by atoms with Gasteiger partial charge in [-0.15, -0.1) is 0 Å². The van der Waals surface area contributed by atoms with Crippen molar-refractivity contribution in [3.63, 3.8) is 0 Å². The van der Waals surface area contributed by atoms with Crippen molar-refractivity contribution in [1.82, 2.24) is 4.98 Å². The number of nitrogens with one attached hydrogen (secondary N) is 1. The molecular weight excluding hydrogens is 318 g/mol. The van der Waals surface area contributed by atoms with Gasteiger partial charge in [0.25, 0.3) is 0 Å². The monoisotopic (exact) mass is 335 g/mol. The van der Waals surface area contributed by atoms with Crippen molar-refractivity contribution in [3.8, 4) is 0 Å². The molecule has 1 aliphatic rings. The van der Waals surface area contributed by atoms with Crippen molar-refractivity contribution >= 4 is 38.2 Å². The molecule has 0 aliphatic heterocycles. The molecule has 106 valence electrons. The van der Waals surface area contributed by atoms with Crippen molar-refractivity contribution in [2.75, 3.05) is 17.6 Å². The number of aliphatic hydroxyl groups is 1. The number of benzene rings is 1. The SMILES string of the molecule is Nc1cnc2ccc(Br)cc2c1NCC1CCCC1O. The smallest absolute Gasteiger partial charge is 0.0743 e. The van der Waals surface area contributed by atoms with Crippen molar-refractivity contribution in [3.05, 3.63) is 28.9 Å². The van der Waals surface area contributed by atoms with E-state index in [0.29, 0.717) is 11.6 Å². The van der Waals surface area contributed by atoms with Crippen LogP contribution in [0.5, 0.6) is 0 Å². The standard InChI is InChI=1S/C15H18BrN3O/c16-10-4-5-13-11(6-10)15(12(17)8-18-13)19-7-9-2-1-3-14(9)20/h4-6,8-9,14,20H,1-3,7,17H2,(H,18,19). The Morgan fingerprint density at radius 1 is 1.40 bits per heavy atom. The van der Waals surface area contributed by atoms with Crippen LogP contribution >= 0.6 is 15.9 Å². The van der Waals surface area contributed by atoms with E-state index in [0.717, 1.165) is 46.9 Å². The molecule has 2 unspecified atom stereocenters. The van der Waals surface area contributed by atoms with Gasteiger partial charge in [-0.3, -0.25) is 4.98 Å². The highest BCUT2D eigenvalue weighted by Crippen LogP contribution is 2.32. The van der Waals surface area contributed by atoms with Gasteiger partial charge in [0.05, 0.1) is 29.2 Å². The normalized spacial score (nSPS) is 22.3. The number of fused-ring (bicyclic) bond motifs is 1. The fraction of sp³-hybridized carbons (Fsp3) is 0.400. The molecule has 1 fully saturated rings. The zero-order valence-electron chi connectivity index (χ0n) is 11.1. The minimum absolute atomic E-state index is 0.191. The van der Waals surface area contributed by atoms with Crippen molar-refractivity contribution < 1.29 is 5.11 Å². The zero-order valence-corrected chi connectivity index (χ0v) is 12.7. The van der Waals surface area contributed by atoms with Crippen LogP contribution in [0.25, 0.3) is 10.9 Å². The van der Waals surface area contributed by atoms with E-state index in [1.807, 2.05) is 18.2 Å². The number of halogens is 1. The van der Waals surface area contributed by atoms with Gasteiger partial charge in [0.15, 0.2) is 0 Å². The summed E-state index contributed by atoms with van der Waals surface area (Å²) in [5.41, 5.74) is 8.52. The lowest BCUT2D eigenvalue weighted by molar-refractivity contribution is 0.138. The number of nitrogens with zero attached hydrogens (tertiary/aromatic N) is 1. The predicted octanol–water partition coefficient (Wildman–Crippen LogP) is 3.15. The molecule has 1 aromatic carbocycles. The Balaban J connectivity index is 1.89.